The molecule has 7 rings (SSSR count). The molecule has 0 heterocycles. The van der Waals surface area contributed by atoms with Gasteiger partial charge in [0.05, 0.1) is 0 Å². The van der Waals surface area contributed by atoms with Crippen LogP contribution in [0.5, 0.6) is 0 Å². The second-order valence-corrected chi connectivity index (χ2v) is 11.9. The summed E-state index contributed by atoms with van der Waals surface area (Å²) in [4.78, 5) is 2.32. The zero-order chi connectivity index (χ0) is 32.5. The van der Waals surface area contributed by atoms with Crippen LogP contribution in [-0.4, -0.2) is 0 Å². The summed E-state index contributed by atoms with van der Waals surface area (Å²) in [7, 11) is 0. The molecule has 0 N–H and O–H groups in total. The van der Waals surface area contributed by atoms with Gasteiger partial charge in [-0.15, -0.1) is 0 Å². The third kappa shape index (κ3) is 7.12. The highest BCUT2D eigenvalue weighted by molar-refractivity contribution is 5.93. The Morgan fingerprint density at radius 2 is 0.604 bits per heavy atom. The standard InChI is InChI=1S/C47H37N/c1-36-22-28-43(29-23-36)48(44-30-24-37(25-31-44)34-46(39-14-6-2-7-15-39)40-16-8-3-9-17-40)45-32-26-38(27-33-45)35-47(41-18-10-4-11-19-41)42-20-12-5-13-21-42/h2-35H,1H3. The van der Waals surface area contributed by atoms with Crippen LogP contribution in [0, 0.1) is 6.92 Å². The highest BCUT2D eigenvalue weighted by Gasteiger charge is 2.13. The van der Waals surface area contributed by atoms with Crippen LogP contribution >= 0.6 is 0 Å². The van der Waals surface area contributed by atoms with Crippen molar-refractivity contribution in [2.75, 3.05) is 4.90 Å². The number of hydrogen-bond donors (Lipinski definition) is 0. The Kier molecular flexibility index (Phi) is 9.20. The van der Waals surface area contributed by atoms with Crippen LogP contribution in [0.3, 0.4) is 0 Å². The molecule has 7 aromatic carbocycles. The van der Waals surface area contributed by atoms with Gasteiger partial charge in [0.15, 0.2) is 0 Å². The molecule has 1 heteroatoms. The molecule has 0 unspecified atom stereocenters. The van der Waals surface area contributed by atoms with Crippen molar-refractivity contribution >= 4 is 40.4 Å². The van der Waals surface area contributed by atoms with E-state index < -0.39 is 0 Å². The molecule has 0 atom stereocenters. The molecule has 0 amide bonds. The summed E-state index contributed by atoms with van der Waals surface area (Å²) in [6.07, 6.45) is 4.56. The topological polar surface area (TPSA) is 3.24 Å². The minimum Gasteiger partial charge on any atom is -0.311 e. The summed E-state index contributed by atoms with van der Waals surface area (Å²) in [6, 6.07) is 68.9. The van der Waals surface area contributed by atoms with E-state index in [-0.39, 0.29) is 0 Å². The van der Waals surface area contributed by atoms with E-state index in [1.165, 1.54) is 39.0 Å². The average Bonchev–Trinajstić information content (AvgIpc) is 3.16. The Bertz CT molecular complexity index is 1890. The van der Waals surface area contributed by atoms with Crippen LogP contribution in [0.15, 0.2) is 194 Å². The largest absolute Gasteiger partial charge is 0.311 e. The van der Waals surface area contributed by atoms with Gasteiger partial charge in [-0.05, 0) is 100 Å². The predicted octanol–water partition coefficient (Wildman–Crippen LogP) is 12.6. The SMILES string of the molecule is Cc1ccc(N(c2ccc(C=C(c3ccccc3)c3ccccc3)cc2)c2ccc(C=C(c3ccccc3)c3ccccc3)cc2)cc1. The van der Waals surface area contributed by atoms with Gasteiger partial charge in [-0.3, -0.25) is 0 Å². The highest BCUT2D eigenvalue weighted by Crippen LogP contribution is 2.36. The Balaban J connectivity index is 1.25. The lowest BCUT2D eigenvalue weighted by atomic mass is 9.95. The van der Waals surface area contributed by atoms with Crippen molar-refractivity contribution in [1.29, 1.82) is 0 Å². The molecule has 230 valence electrons. The molecule has 0 bridgehead atoms. The Morgan fingerprint density at radius 3 is 0.896 bits per heavy atom. The molecule has 0 radical (unpaired) electrons. The quantitative estimate of drug-likeness (QED) is 0.146. The second kappa shape index (κ2) is 14.5. The second-order valence-electron chi connectivity index (χ2n) is 11.9. The van der Waals surface area contributed by atoms with Gasteiger partial charge in [0.1, 0.15) is 0 Å². The lowest BCUT2D eigenvalue weighted by Crippen LogP contribution is -2.09. The smallest absolute Gasteiger partial charge is 0.0462 e. The van der Waals surface area contributed by atoms with Crippen molar-refractivity contribution in [3.63, 3.8) is 0 Å². The van der Waals surface area contributed by atoms with E-state index in [0.29, 0.717) is 0 Å². The van der Waals surface area contributed by atoms with Gasteiger partial charge in [0, 0.05) is 17.1 Å². The van der Waals surface area contributed by atoms with Gasteiger partial charge in [0.25, 0.3) is 0 Å². The summed E-state index contributed by atoms with van der Waals surface area (Å²) >= 11 is 0. The van der Waals surface area contributed by atoms with Crippen LogP contribution in [0.2, 0.25) is 0 Å². The van der Waals surface area contributed by atoms with Crippen LogP contribution in [0.25, 0.3) is 23.3 Å². The fourth-order valence-corrected chi connectivity index (χ4v) is 6.05. The zero-order valence-electron chi connectivity index (χ0n) is 27.1. The normalized spacial score (nSPS) is 10.6. The van der Waals surface area contributed by atoms with E-state index in [2.05, 4.69) is 218 Å². The maximum atomic E-state index is 2.32. The molecule has 0 saturated heterocycles. The number of rotatable bonds is 9. The Labute approximate surface area is 284 Å². The molecule has 0 fully saturated rings. The summed E-state index contributed by atoms with van der Waals surface area (Å²) in [5.74, 6) is 0. The first kappa shape index (κ1) is 30.5. The lowest BCUT2D eigenvalue weighted by molar-refractivity contribution is 1.27. The van der Waals surface area contributed by atoms with Gasteiger partial charge >= 0.3 is 0 Å². The van der Waals surface area contributed by atoms with E-state index in [4.69, 9.17) is 0 Å². The molecule has 0 saturated carbocycles. The third-order valence-corrected chi connectivity index (χ3v) is 8.56. The molecule has 0 spiro atoms. The number of aryl methyl sites for hydroxylation is 1. The molecule has 1 nitrogen and oxygen atoms in total. The summed E-state index contributed by atoms with van der Waals surface area (Å²) in [6.45, 7) is 2.13. The van der Waals surface area contributed by atoms with Crippen LogP contribution in [0.4, 0.5) is 17.1 Å². The molecule has 7 aromatic rings. The lowest BCUT2D eigenvalue weighted by Gasteiger charge is -2.26. The van der Waals surface area contributed by atoms with E-state index in [0.717, 1.165) is 28.2 Å². The van der Waals surface area contributed by atoms with Crippen molar-refractivity contribution in [2.45, 2.75) is 6.92 Å². The van der Waals surface area contributed by atoms with E-state index in [1.54, 1.807) is 0 Å². The van der Waals surface area contributed by atoms with Crippen molar-refractivity contribution in [2.24, 2.45) is 0 Å². The van der Waals surface area contributed by atoms with Crippen molar-refractivity contribution in [3.05, 3.63) is 233 Å². The van der Waals surface area contributed by atoms with Gasteiger partial charge in [-0.1, -0.05) is 163 Å². The molecular formula is C47H37N. The molecule has 0 aromatic heterocycles. The minimum absolute atomic E-state index is 1.11. The average molecular weight is 616 g/mol. The Hall–Kier alpha value is -6.18. The zero-order valence-corrected chi connectivity index (χ0v) is 27.1. The highest BCUT2D eigenvalue weighted by atomic mass is 15.1. The van der Waals surface area contributed by atoms with Gasteiger partial charge in [-0.25, -0.2) is 0 Å². The molecule has 48 heavy (non-hydrogen) atoms. The molecule has 0 aliphatic heterocycles. The number of benzene rings is 7. The maximum absolute atomic E-state index is 2.32. The first-order chi connectivity index (χ1) is 23.7. The van der Waals surface area contributed by atoms with Gasteiger partial charge in [0.2, 0.25) is 0 Å². The number of hydrogen-bond acceptors (Lipinski definition) is 1. The molecule has 0 aliphatic rings. The first-order valence-electron chi connectivity index (χ1n) is 16.4. The van der Waals surface area contributed by atoms with E-state index in [9.17, 15) is 0 Å². The maximum Gasteiger partial charge on any atom is 0.0462 e. The van der Waals surface area contributed by atoms with E-state index >= 15 is 0 Å². The monoisotopic (exact) mass is 615 g/mol. The Morgan fingerprint density at radius 1 is 0.333 bits per heavy atom. The first-order valence-corrected chi connectivity index (χ1v) is 16.4. The molecule has 0 aliphatic carbocycles. The predicted molar refractivity (Wildman–Crippen MR) is 206 cm³/mol. The summed E-state index contributed by atoms with van der Waals surface area (Å²) in [5, 5.41) is 0. The summed E-state index contributed by atoms with van der Waals surface area (Å²) in [5.41, 5.74) is 14.1. The minimum atomic E-state index is 1.11. The number of anilines is 3. The summed E-state index contributed by atoms with van der Waals surface area (Å²) < 4.78 is 0. The van der Waals surface area contributed by atoms with Crippen LogP contribution < -0.4 is 4.90 Å². The van der Waals surface area contributed by atoms with Gasteiger partial charge in [-0.2, -0.15) is 0 Å². The van der Waals surface area contributed by atoms with Crippen molar-refractivity contribution < 1.29 is 0 Å². The third-order valence-electron chi connectivity index (χ3n) is 8.56. The van der Waals surface area contributed by atoms with Crippen LogP contribution in [0.1, 0.15) is 38.9 Å². The van der Waals surface area contributed by atoms with E-state index in [1.807, 2.05) is 0 Å². The fraction of sp³-hybridized carbons (Fsp3) is 0.0213. The molecular weight excluding hydrogens is 579 g/mol. The van der Waals surface area contributed by atoms with Crippen LogP contribution in [-0.2, 0) is 0 Å². The van der Waals surface area contributed by atoms with Gasteiger partial charge < -0.3 is 4.90 Å². The van der Waals surface area contributed by atoms with Crippen molar-refractivity contribution in [1.82, 2.24) is 0 Å². The fourth-order valence-electron chi connectivity index (χ4n) is 6.05. The number of nitrogens with zero attached hydrogens (tertiary/aromatic N) is 1. The van der Waals surface area contributed by atoms with Crippen molar-refractivity contribution in [3.8, 4) is 0 Å².